The number of hydrogen-bond acceptors (Lipinski definition) is 8. The third-order valence-corrected chi connectivity index (χ3v) is 5.63. The Kier molecular flexibility index (Phi) is 9.90. The van der Waals surface area contributed by atoms with Crippen LogP contribution in [0.2, 0.25) is 0 Å². The van der Waals surface area contributed by atoms with Crippen molar-refractivity contribution in [1.29, 1.82) is 0 Å². The number of phenolic OH excluding ortho intramolecular Hbond substituents is 2. The summed E-state index contributed by atoms with van der Waals surface area (Å²) < 4.78 is 15.3. The molecule has 8 nitrogen and oxygen atoms in total. The monoisotopic (exact) mass is 450 g/mol. The Hall–Kier alpha value is -2.68. The fraction of sp³-hybridized carbons (Fsp3) is 0.500. The van der Waals surface area contributed by atoms with E-state index in [2.05, 4.69) is 0 Å². The van der Waals surface area contributed by atoms with E-state index in [9.17, 15) is 20.4 Å². The molecule has 2 aromatic rings. The largest absolute Gasteiger partial charge is 0.504 e. The lowest BCUT2D eigenvalue weighted by atomic mass is 9.88. The van der Waals surface area contributed by atoms with Gasteiger partial charge in [0.1, 0.15) is 0 Å². The number of aliphatic hydroxyl groups excluding tert-OH is 3. The minimum absolute atomic E-state index is 0.0581. The number of aromatic hydroxyl groups is 2. The highest BCUT2D eigenvalue weighted by Crippen LogP contribution is 2.37. The van der Waals surface area contributed by atoms with E-state index in [0.29, 0.717) is 25.0 Å². The van der Waals surface area contributed by atoms with Gasteiger partial charge in [0, 0.05) is 0 Å². The summed E-state index contributed by atoms with van der Waals surface area (Å²) in [6.45, 7) is 1.41. The van der Waals surface area contributed by atoms with Gasteiger partial charge in [0.15, 0.2) is 29.8 Å². The smallest absolute Gasteiger partial charge is 0.200 e. The maximum absolute atomic E-state index is 10.7. The van der Waals surface area contributed by atoms with Gasteiger partial charge in [-0.2, -0.15) is 0 Å². The fourth-order valence-electron chi connectivity index (χ4n) is 3.74. The van der Waals surface area contributed by atoms with Crippen LogP contribution in [0, 0.1) is 5.92 Å². The zero-order chi connectivity index (χ0) is 23.7. The molecule has 0 heterocycles. The van der Waals surface area contributed by atoms with Gasteiger partial charge < -0.3 is 39.7 Å². The summed E-state index contributed by atoms with van der Waals surface area (Å²) in [6.07, 6.45) is 0.994. The second-order valence-electron chi connectivity index (χ2n) is 7.79. The van der Waals surface area contributed by atoms with Crippen LogP contribution in [-0.2, 0) is 12.8 Å². The molecule has 0 aliphatic rings. The van der Waals surface area contributed by atoms with Gasteiger partial charge in [-0.3, -0.25) is 0 Å². The van der Waals surface area contributed by atoms with Crippen LogP contribution in [0.15, 0.2) is 30.3 Å². The third-order valence-electron chi connectivity index (χ3n) is 5.63. The molecule has 0 aromatic heterocycles. The van der Waals surface area contributed by atoms with Crippen LogP contribution >= 0.6 is 0 Å². The average molecular weight is 451 g/mol. The maximum Gasteiger partial charge on any atom is 0.200 e. The van der Waals surface area contributed by atoms with Gasteiger partial charge in [-0.05, 0) is 67.0 Å². The molecule has 2 aromatic carbocycles. The van der Waals surface area contributed by atoms with E-state index in [0.717, 1.165) is 17.5 Å². The second kappa shape index (κ2) is 12.4. The molecule has 0 fully saturated rings. The first-order valence-corrected chi connectivity index (χ1v) is 10.7. The minimum atomic E-state index is -0.726. The Labute approximate surface area is 188 Å². The van der Waals surface area contributed by atoms with E-state index >= 15 is 0 Å². The molecule has 8 heteroatoms. The van der Waals surface area contributed by atoms with E-state index in [1.165, 1.54) is 14.2 Å². The SMILES string of the molecule is CC[C@H](Cc1ccc(O)c(OC)c1)[C@H](O)C[C@@H](O)CCc1cc(OC)c(O)c(OCO)c1. The van der Waals surface area contributed by atoms with E-state index in [4.69, 9.17) is 19.3 Å². The predicted octanol–water partition coefficient (Wildman–Crippen LogP) is 2.76. The highest BCUT2D eigenvalue weighted by Gasteiger charge is 2.22. The molecule has 3 atom stereocenters. The van der Waals surface area contributed by atoms with Crippen molar-refractivity contribution in [2.75, 3.05) is 21.0 Å². The first-order valence-electron chi connectivity index (χ1n) is 10.7. The lowest BCUT2D eigenvalue weighted by Crippen LogP contribution is -2.27. The zero-order valence-corrected chi connectivity index (χ0v) is 18.8. The fourth-order valence-corrected chi connectivity index (χ4v) is 3.74. The quantitative estimate of drug-likeness (QED) is 0.295. The molecule has 0 aliphatic carbocycles. The first kappa shape index (κ1) is 25.6. The van der Waals surface area contributed by atoms with E-state index < -0.39 is 19.0 Å². The molecule has 0 radical (unpaired) electrons. The van der Waals surface area contributed by atoms with Crippen molar-refractivity contribution < 1.29 is 39.7 Å². The normalized spacial score (nSPS) is 13.9. The van der Waals surface area contributed by atoms with Crippen LogP contribution in [0.1, 0.15) is 37.3 Å². The van der Waals surface area contributed by atoms with Gasteiger partial charge >= 0.3 is 0 Å². The Morgan fingerprint density at radius 3 is 2.19 bits per heavy atom. The molecular weight excluding hydrogens is 416 g/mol. The highest BCUT2D eigenvalue weighted by atomic mass is 16.6. The van der Waals surface area contributed by atoms with Crippen molar-refractivity contribution in [3.63, 3.8) is 0 Å². The average Bonchev–Trinajstić information content (AvgIpc) is 2.78. The van der Waals surface area contributed by atoms with Crippen LogP contribution in [0.4, 0.5) is 0 Å². The molecule has 32 heavy (non-hydrogen) atoms. The van der Waals surface area contributed by atoms with Gasteiger partial charge in [0.2, 0.25) is 5.75 Å². The van der Waals surface area contributed by atoms with Crippen LogP contribution in [0.5, 0.6) is 28.7 Å². The molecule has 0 spiro atoms. The van der Waals surface area contributed by atoms with Gasteiger partial charge in [-0.25, -0.2) is 0 Å². The molecule has 0 saturated carbocycles. The molecule has 0 bridgehead atoms. The topological polar surface area (TPSA) is 129 Å². The summed E-state index contributed by atoms with van der Waals surface area (Å²) in [5, 5.41) is 50.0. The molecule has 5 N–H and O–H groups in total. The van der Waals surface area contributed by atoms with Crippen LogP contribution in [0.3, 0.4) is 0 Å². The molecule has 2 rings (SSSR count). The zero-order valence-electron chi connectivity index (χ0n) is 18.8. The molecule has 0 amide bonds. The van der Waals surface area contributed by atoms with Crippen molar-refractivity contribution in [3.05, 3.63) is 41.5 Å². The number of methoxy groups -OCH3 is 2. The summed E-state index contributed by atoms with van der Waals surface area (Å²) in [5.74, 6) is 0.525. The number of hydrogen-bond donors (Lipinski definition) is 5. The van der Waals surface area contributed by atoms with Gasteiger partial charge in [-0.1, -0.05) is 19.4 Å². The molecular formula is C24H34O8. The summed E-state index contributed by atoms with van der Waals surface area (Å²) in [6, 6.07) is 8.36. The summed E-state index contributed by atoms with van der Waals surface area (Å²) in [7, 11) is 2.91. The second-order valence-corrected chi connectivity index (χ2v) is 7.79. The van der Waals surface area contributed by atoms with Crippen molar-refractivity contribution >= 4 is 0 Å². The Bertz CT molecular complexity index is 854. The number of phenols is 2. The summed E-state index contributed by atoms with van der Waals surface area (Å²) in [4.78, 5) is 0. The predicted molar refractivity (Wildman–Crippen MR) is 119 cm³/mol. The number of aryl methyl sites for hydroxylation is 1. The number of aliphatic hydroxyl groups is 3. The van der Waals surface area contributed by atoms with Crippen molar-refractivity contribution in [1.82, 2.24) is 0 Å². The van der Waals surface area contributed by atoms with Gasteiger partial charge in [-0.15, -0.1) is 0 Å². The standard InChI is InChI=1S/C24H34O8/c1-4-17(9-15-6-8-19(27)21(10-15)30-2)20(28)13-18(26)7-5-16-11-22(31-3)24(29)23(12-16)32-14-25/h6,8,10-12,17-18,20,25-29H,4-5,7,9,13-14H2,1-3H3/t17-,18+,20-/m1/s1. The number of ether oxygens (including phenoxy) is 3. The third kappa shape index (κ3) is 6.91. The van der Waals surface area contributed by atoms with Gasteiger partial charge in [0.05, 0.1) is 26.4 Å². The first-order chi connectivity index (χ1) is 15.3. The number of rotatable bonds is 13. The van der Waals surface area contributed by atoms with E-state index in [1.807, 2.05) is 6.92 Å². The lowest BCUT2D eigenvalue weighted by Gasteiger charge is -2.24. The molecule has 178 valence electrons. The Morgan fingerprint density at radius 1 is 0.906 bits per heavy atom. The van der Waals surface area contributed by atoms with E-state index in [1.54, 1.807) is 30.3 Å². The maximum atomic E-state index is 10.7. The molecule has 0 aliphatic heterocycles. The summed E-state index contributed by atoms with van der Waals surface area (Å²) in [5.41, 5.74) is 1.70. The molecule has 0 unspecified atom stereocenters. The number of benzene rings is 2. The summed E-state index contributed by atoms with van der Waals surface area (Å²) >= 11 is 0. The van der Waals surface area contributed by atoms with Crippen molar-refractivity contribution in [3.8, 4) is 28.7 Å². The highest BCUT2D eigenvalue weighted by molar-refractivity contribution is 5.52. The lowest BCUT2D eigenvalue weighted by molar-refractivity contribution is 0.0389. The molecule has 0 saturated heterocycles. The van der Waals surface area contributed by atoms with Crippen LogP contribution in [0.25, 0.3) is 0 Å². The Morgan fingerprint density at radius 2 is 1.56 bits per heavy atom. The Balaban J connectivity index is 1.96. The van der Waals surface area contributed by atoms with Crippen LogP contribution in [-0.4, -0.2) is 58.8 Å². The van der Waals surface area contributed by atoms with Crippen molar-refractivity contribution in [2.24, 2.45) is 5.92 Å². The van der Waals surface area contributed by atoms with Gasteiger partial charge in [0.25, 0.3) is 0 Å². The minimum Gasteiger partial charge on any atom is -0.504 e. The van der Waals surface area contributed by atoms with E-state index in [-0.39, 0.29) is 35.3 Å². The van der Waals surface area contributed by atoms with Crippen molar-refractivity contribution in [2.45, 2.75) is 51.2 Å². The van der Waals surface area contributed by atoms with Crippen LogP contribution < -0.4 is 14.2 Å².